The maximum Gasteiger partial charge on any atom is 0.380 e. The van der Waals surface area contributed by atoms with Crippen molar-refractivity contribution in [2.45, 2.75) is 66.5 Å². The van der Waals surface area contributed by atoms with E-state index in [1.165, 1.54) is 34.8 Å². The van der Waals surface area contributed by atoms with Crippen molar-refractivity contribution in [3.63, 3.8) is 0 Å². The first-order valence-corrected chi connectivity index (χ1v) is 18.0. The van der Waals surface area contributed by atoms with E-state index in [-0.39, 0.29) is 20.3 Å². The zero-order valence-electron chi connectivity index (χ0n) is 20.2. The van der Waals surface area contributed by atoms with Crippen molar-refractivity contribution in [3.8, 4) is 0 Å². The van der Waals surface area contributed by atoms with E-state index in [2.05, 4.69) is 0 Å². The van der Waals surface area contributed by atoms with Crippen molar-refractivity contribution in [2.75, 3.05) is 23.0 Å². The molecule has 0 unspecified atom stereocenters. The van der Waals surface area contributed by atoms with Gasteiger partial charge in [0, 0.05) is 53.7 Å². The van der Waals surface area contributed by atoms with Gasteiger partial charge in [-0.15, -0.1) is 69.7 Å². The number of alkyl halides is 6. The molecule has 0 bridgehead atoms. The topological polar surface area (TPSA) is 0 Å². The van der Waals surface area contributed by atoms with Gasteiger partial charge in [-0.25, -0.2) is 0 Å². The summed E-state index contributed by atoms with van der Waals surface area (Å²) in [6.07, 6.45) is 1.94. The molecule has 4 heterocycles. The number of hydrogen-bond donors (Lipinski definition) is 0. The Morgan fingerprint density at radius 3 is 1.32 bits per heavy atom. The van der Waals surface area contributed by atoms with Crippen LogP contribution in [0.4, 0.5) is 26.3 Å². The molecular weight excluding hydrogens is 607 g/mol. The molecule has 37 heavy (non-hydrogen) atoms. The summed E-state index contributed by atoms with van der Waals surface area (Å²) in [5, 5.41) is 0. The van der Waals surface area contributed by atoms with Crippen LogP contribution in [0.25, 0.3) is 11.1 Å². The maximum absolute atomic E-state index is 15.6. The van der Waals surface area contributed by atoms with Crippen LogP contribution in [0.3, 0.4) is 0 Å². The molecule has 0 aromatic carbocycles. The molecule has 2 fully saturated rings. The number of hydrogen-bond acceptors (Lipinski definition) is 6. The number of allylic oxidation sites excluding steroid dienone is 2. The van der Waals surface area contributed by atoms with Crippen molar-refractivity contribution in [1.29, 1.82) is 0 Å². The summed E-state index contributed by atoms with van der Waals surface area (Å²) in [4.78, 5) is 2.54. The molecule has 0 atom stereocenters. The van der Waals surface area contributed by atoms with Crippen molar-refractivity contribution in [2.24, 2.45) is 0 Å². The first-order valence-electron chi connectivity index (χ1n) is 12.2. The van der Waals surface area contributed by atoms with Gasteiger partial charge in [0.25, 0.3) is 0 Å². The largest absolute Gasteiger partial charge is 0.380 e. The van der Waals surface area contributed by atoms with Crippen molar-refractivity contribution >= 4 is 80.9 Å². The van der Waals surface area contributed by atoms with Gasteiger partial charge in [-0.05, 0) is 36.1 Å². The molecule has 0 saturated carbocycles. The van der Waals surface area contributed by atoms with Crippen LogP contribution >= 0.6 is 69.7 Å². The van der Waals surface area contributed by atoms with Crippen molar-refractivity contribution in [1.82, 2.24) is 0 Å². The lowest BCUT2D eigenvalue weighted by molar-refractivity contribution is -0.254. The van der Waals surface area contributed by atoms with Crippen LogP contribution in [0.1, 0.15) is 66.5 Å². The predicted octanol–water partition coefficient (Wildman–Crippen LogP) is 10.5. The molecule has 0 nitrogen and oxygen atoms in total. The van der Waals surface area contributed by atoms with Gasteiger partial charge >= 0.3 is 17.8 Å². The van der Waals surface area contributed by atoms with Crippen LogP contribution < -0.4 is 0 Å². The molecule has 204 valence electrons. The molecule has 1 aliphatic carbocycles. The highest BCUT2D eigenvalue weighted by atomic mass is 32.2. The Morgan fingerprint density at radius 2 is 1.00 bits per heavy atom. The molecule has 2 aliphatic heterocycles. The number of thioether (sulfide) groups is 4. The fourth-order valence-electron chi connectivity index (χ4n) is 4.86. The monoisotopic (exact) mass is 632 g/mol. The van der Waals surface area contributed by atoms with E-state index in [4.69, 9.17) is 0 Å². The molecule has 0 amide bonds. The third-order valence-electron chi connectivity index (χ3n) is 6.52. The summed E-state index contributed by atoms with van der Waals surface area (Å²) in [6, 6.07) is 3.00. The van der Waals surface area contributed by atoms with E-state index >= 15 is 26.3 Å². The van der Waals surface area contributed by atoms with E-state index in [0.717, 1.165) is 32.8 Å². The minimum Gasteiger partial charge on any atom is -0.194 e. The van der Waals surface area contributed by atoms with Crippen molar-refractivity contribution in [3.05, 3.63) is 42.8 Å². The van der Waals surface area contributed by atoms with Gasteiger partial charge in [-0.2, -0.15) is 26.3 Å². The zero-order chi connectivity index (χ0) is 26.6. The second-order valence-electron chi connectivity index (χ2n) is 9.09. The predicted molar refractivity (Wildman–Crippen MR) is 154 cm³/mol. The van der Waals surface area contributed by atoms with Crippen LogP contribution in [0.15, 0.2) is 12.1 Å². The Kier molecular flexibility index (Phi) is 8.39. The van der Waals surface area contributed by atoms with Crippen LogP contribution in [0.5, 0.6) is 0 Å². The normalized spacial score (nSPS) is 23.6. The van der Waals surface area contributed by atoms with Crippen LogP contribution in [-0.2, 0) is 12.8 Å². The summed E-state index contributed by atoms with van der Waals surface area (Å²) in [5.74, 6) is -11.9. The number of rotatable bonds is 8. The lowest BCUT2D eigenvalue weighted by atomic mass is 9.93. The second kappa shape index (κ2) is 10.8. The molecule has 12 heteroatoms. The molecular formula is C25H26F6S6. The molecule has 0 radical (unpaired) electrons. The standard InChI is InChI=1S/C25H26F6S6/c1-3-5-15-13(11-17(36-15)21-32-7-8-33-21)19-20(24(28,29)25(30,31)23(19,26)27)14-12-18(22-34-9-10-35-22)37-16(14)6-4-2/h11-12,21-22H,3-10H2,1-2H3. The van der Waals surface area contributed by atoms with Gasteiger partial charge in [-0.1, -0.05) is 26.7 Å². The molecule has 0 N–H and O–H groups in total. The quantitative estimate of drug-likeness (QED) is 0.266. The number of halogens is 6. The third kappa shape index (κ3) is 4.75. The first kappa shape index (κ1) is 28.6. The van der Waals surface area contributed by atoms with Gasteiger partial charge < -0.3 is 0 Å². The average molecular weight is 633 g/mol. The Bertz CT molecular complexity index is 1080. The third-order valence-corrected chi connectivity index (χ3v) is 15.8. The van der Waals surface area contributed by atoms with Gasteiger partial charge in [0.1, 0.15) is 0 Å². The van der Waals surface area contributed by atoms with Gasteiger partial charge in [0.05, 0.1) is 9.16 Å². The number of thiophene rings is 2. The number of aryl methyl sites for hydroxylation is 2. The van der Waals surface area contributed by atoms with Gasteiger partial charge in [0.15, 0.2) is 0 Å². The smallest absolute Gasteiger partial charge is 0.194 e. The second-order valence-corrected chi connectivity index (χ2v) is 16.9. The van der Waals surface area contributed by atoms with Gasteiger partial charge in [0.2, 0.25) is 0 Å². The Labute approximate surface area is 238 Å². The highest BCUT2D eigenvalue weighted by molar-refractivity contribution is 8.20. The lowest BCUT2D eigenvalue weighted by Crippen LogP contribution is -2.49. The summed E-state index contributed by atoms with van der Waals surface area (Å²) in [6.45, 7) is 3.74. The Balaban J connectivity index is 1.77. The van der Waals surface area contributed by atoms with Crippen LogP contribution in [0.2, 0.25) is 0 Å². The lowest BCUT2D eigenvalue weighted by Gasteiger charge is -2.26. The SMILES string of the molecule is CCCc1sc(C2SCCS2)cc1C1=C(c2cc(C3SCCS3)sc2CCC)C(F)(F)C(F)(F)C1(F)F. The summed E-state index contributed by atoms with van der Waals surface area (Å²) in [7, 11) is 0. The molecule has 5 rings (SSSR count). The molecule has 2 aromatic rings. The van der Waals surface area contributed by atoms with E-state index in [9.17, 15) is 0 Å². The summed E-state index contributed by atoms with van der Waals surface area (Å²) in [5.41, 5.74) is -2.58. The fraction of sp³-hybridized carbons (Fsp3) is 0.600. The minimum atomic E-state index is -5.52. The minimum absolute atomic E-state index is 0.00858. The molecule has 2 saturated heterocycles. The Hall–Kier alpha value is 0.120. The van der Waals surface area contributed by atoms with E-state index in [1.807, 2.05) is 13.8 Å². The fourth-order valence-corrected chi connectivity index (χ4v) is 13.8. The van der Waals surface area contributed by atoms with E-state index in [1.54, 1.807) is 47.0 Å². The zero-order valence-corrected chi connectivity index (χ0v) is 25.1. The van der Waals surface area contributed by atoms with Crippen LogP contribution in [-0.4, -0.2) is 40.8 Å². The van der Waals surface area contributed by atoms with E-state index < -0.39 is 28.9 Å². The van der Waals surface area contributed by atoms with Crippen molar-refractivity contribution < 1.29 is 26.3 Å². The van der Waals surface area contributed by atoms with Crippen LogP contribution in [0, 0.1) is 0 Å². The Morgan fingerprint density at radius 1 is 0.649 bits per heavy atom. The average Bonchev–Trinajstić information content (AvgIpc) is 3.65. The van der Waals surface area contributed by atoms with Gasteiger partial charge in [-0.3, -0.25) is 0 Å². The molecule has 2 aromatic heterocycles. The highest BCUT2D eigenvalue weighted by Gasteiger charge is 2.80. The summed E-state index contributed by atoms with van der Waals surface area (Å²) >= 11 is 9.29. The first-order chi connectivity index (χ1) is 17.5. The van der Waals surface area contributed by atoms with E-state index in [0.29, 0.717) is 35.4 Å². The summed E-state index contributed by atoms with van der Waals surface area (Å²) < 4.78 is 92.7. The maximum atomic E-state index is 15.6. The molecule has 3 aliphatic rings. The molecule has 0 spiro atoms. The highest BCUT2D eigenvalue weighted by Crippen LogP contribution is 2.66.